The van der Waals surface area contributed by atoms with E-state index in [2.05, 4.69) is 15.7 Å². The molecule has 0 spiro atoms. The van der Waals surface area contributed by atoms with Crippen molar-refractivity contribution < 1.29 is 19.1 Å². The zero-order valence-corrected chi connectivity index (χ0v) is 17.2. The third-order valence-corrected chi connectivity index (χ3v) is 4.52. The van der Waals surface area contributed by atoms with E-state index in [1.54, 1.807) is 36.0 Å². The number of nitrogens with one attached hydrogen (secondary N) is 2. The van der Waals surface area contributed by atoms with Gasteiger partial charge in [-0.05, 0) is 44.2 Å². The first-order chi connectivity index (χ1) is 14.5. The highest BCUT2D eigenvalue weighted by Gasteiger charge is 2.19. The molecule has 0 fully saturated rings. The number of rotatable bonds is 9. The number of carbonyl (C=O) groups is 2. The van der Waals surface area contributed by atoms with E-state index in [0.717, 1.165) is 17.9 Å². The van der Waals surface area contributed by atoms with Gasteiger partial charge in [0, 0.05) is 31.8 Å². The first-order valence-corrected chi connectivity index (χ1v) is 9.97. The molecular weight excluding hydrogens is 386 g/mol. The van der Waals surface area contributed by atoms with Gasteiger partial charge in [0.1, 0.15) is 17.2 Å². The Hall–Kier alpha value is -3.33. The molecular formula is C21H27N5O4. The second-order valence-electron chi connectivity index (χ2n) is 6.74. The predicted octanol–water partition coefficient (Wildman–Crippen LogP) is 1.91. The molecule has 1 aliphatic heterocycles. The van der Waals surface area contributed by atoms with Crippen LogP contribution in [0.3, 0.4) is 0 Å². The highest BCUT2D eigenvalue weighted by Crippen LogP contribution is 2.25. The fourth-order valence-corrected chi connectivity index (χ4v) is 3.07. The maximum atomic E-state index is 12.7. The maximum Gasteiger partial charge on any atom is 0.276 e. The van der Waals surface area contributed by atoms with Gasteiger partial charge in [0.05, 0.1) is 18.8 Å². The molecule has 160 valence electrons. The number of benzene rings is 1. The molecule has 1 aromatic heterocycles. The molecule has 2 amide bonds. The number of anilines is 1. The van der Waals surface area contributed by atoms with Crippen LogP contribution in [0, 0.1) is 0 Å². The van der Waals surface area contributed by atoms with Crippen molar-refractivity contribution in [3.8, 4) is 5.75 Å². The van der Waals surface area contributed by atoms with Crippen LogP contribution < -0.4 is 21.1 Å². The fourth-order valence-electron chi connectivity index (χ4n) is 3.07. The molecule has 4 N–H and O–H groups in total. The fraction of sp³-hybridized carbons (Fsp3) is 0.381. The van der Waals surface area contributed by atoms with Crippen molar-refractivity contribution in [2.45, 2.75) is 19.8 Å². The Labute approximate surface area is 175 Å². The predicted molar refractivity (Wildman–Crippen MR) is 113 cm³/mol. The van der Waals surface area contributed by atoms with Crippen LogP contribution in [0.1, 0.15) is 46.3 Å². The number of carbonyl (C=O) groups excluding carboxylic acids is 2. The van der Waals surface area contributed by atoms with E-state index in [1.807, 2.05) is 13.0 Å². The average Bonchev–Trinajstić information content (AvgIpc) is 3.39. The van der Waals surface area contributed by atoms with E-state index >= 15 is 0 Å². The van der Waals surface area contributed by atoms with Crippen LogP contribution in [-0.4, -0.2) is 47.9 Å². The van der Waals surface area contributed by atoms with Crippen molar-refractivity contribution in [1.29, 1.82) is 0 Å². The summed E-state index contributed by atoms with van der Waals surface area (Å²) in [7, 11) is 1.76. The molecule has 3 rings (SSSR count). The summed E-state index contributed by atoms with van der Waals surface area (Å²) in [6.07, 6.45) is 3.49. The number of hydrogen-bond donors (Lipinski definition) is 3. The topological polar surface area (TPSA) is 120 Å². The average molecular weight is 413 g/mol. The molecule has 1 aromatic carbocycles. The van der Waals surface area contributed by atoms with Gasteiger partial charge in [-0.25, -0.2) is 0 Å². The van der Waals surface area contributed by atoms with Gasteiger partial charge in [-0.1, -0.05) is 0 Å². The Bertz CT molecular complexity index is 951. The minimum Gasteiger partial charge on any atom is -0.493 e. The van der Waals surface area contributed by atoms with E-state index in [9.17, 15) is 9.59 Å². The molecule has 0 bridgehead atoms. The van der Waals surface area contributed by atoms with Gasteiger partial charge in [0.25, 0.3) is 11.8 Å². The van der Waals surface area contributed by atoms with Crippen LogP contribution in [0.15, 0.2) is 30.3 Å². The minimum absolute atomic E-state index is 0.256. The lowest BCUT2D eigenvalue weighted by atomic mass is 10.1. The normalized spacial score (nSPS) is 12.8. The number of hydrogen-bond acceptors (Lipinski definition) is 6. The SMILES string of the molecule is CCOc1ccc(NC(=O)c2cc(C3=CCCO3)n(C)n2)cc1C(=O)NCCCN. The lowest BCUT2D eigenvalue weighted by molar-refractivity contribution is 0.0948. The number of aryl methyl sites for hydroxylation is 1. The third-order valence-electron chi connectivity index (χ3n) is 4.52. The van der Waals surface area contributed by atoms with Crippen LogP contribution in [0.4, 0.5) is 5.69 Å². The number of nitrogens with zero attached hydrogens (tertiary/aromatic N) is 2. The van der Waals surface area contributed by atoms with Gasteiger partial charge in [0.15, 0.2) is 5.69 Å². The highest BCUT2D eigenvalue weighted by atomic mass is 16.5. The molecule has 9 heteroatoms. The lowest BCUT2D eigenvalue weighted by Gasteiger charge is -2.13. The molecule has 0 aliphatic carbocycles. The van der Waals surface area contributed by atoms with Gasteiger partial charge in [-0.15, -0.1) is 0 Å². The maximum absolute atomic E-state index is 12.7. The van der Waals surface area contributed by atoms with Crippen molar-refractivity contribution in [2.24, 2.45) is 12.8 Å². The van der Waals surface area contributed by atoms with Gasteiger partial charge in [-0.3, -0.25) is 14.3 Å². The molecule has 0 radical (unpaired) electrons. The molecule has 2 heterocycles. The van der Waals surface area contributed by atoms with E-state index in [1.165, 1.54) is 0 Å². The molecule has 2 aromatic rings. The summed E-state index contributed by atoms with van der Waals surface area (Å²) in [5, 5.41) is 9.87. The molecule has 0 saturated heterocycles. The van der Waals surface area contributed by atoms with E-state index in [4.69, 9.17) is 15.2 Å². The summed E-state index contributed by atoms with van der Waals surface area (Å²) in [5.41, 5.74) is 7.29. The van der Waals surface area contributed by atoms with Crippen molar-refractivity contribution in [2.75, 3.05) is 31.6 Å². The number of nitrogens with two attached hydrogens (primary N) is 1. The Morgan fingerprint density at radius 2 is 2.13 bits per heavy atom. The summed E-state index contributed by atoms with van der Waals surface area (Å²) < 4.78 is 12.7. The third kappa shape index (κ3) is 4.98. The molecule has 30 heavy (non-hydrogen) atoms. The quantitative estimate of drug-likeness (QED) is 0.540. The molecule has 1 aliphatic rings. The van der Waals surface area contributed by atoms with Crippen LogP contribution in [0.25, 0.3) is 5.76 Å². The second-order valence-corrected chi connectivity index (χ2v) is 6.74. The summed E-state index contributed by atoms with van der Waals surface area (Å²) in [4.78, 5) is 25.2. The van der Waals surface area contributed by atoms with Crippen LogP contribution in [0.2, 0.25) is 0 Å². The first kappa shape index (κ1) is 21.4. The van der Waals surface area contributed by atoms with Crippen molar-refractivity contribution in [3.05, 3.63) is 47.3 Å². The number of amides is 2. The van der Waals surface area contributed by atoms with Crippen LogP contribution in [-0.2, 0) is 11.8 Å². The standard InChI is InChI=1S/C21H27N5O4/c1-3-29-18-8-7-14(12-15(18)20(27)23-10-5-9-22)24-21(28)16-13-17(26(2)25-16)19-6-4-11-30-19/h6-8,12-13H,3-5,9-11,22H2,1-2H3,(H,23,27)(H,24,28). The smallest absolute Gasteiger partial charge is 0.276 e. The summed E-state index contributed by atoms with van der Waals surface area (Å²) in [6.45, 7) is 3.84. The Kier molecular flexibility index (Phi) is 7.08. The van der Waals surface area contributed by atoms with Crippen LogP contribution in [0.5, 0.6) is 5.75 Å². The number of aromatic nitrogens is 2. The Morgan fingerprint density at radius 3 is 2.83 bits per heavy atom. The van der Waals surface area contributed by atoms with E-state index in [0.29, 0.717) is 49.7 Å². The van der Waals surface area contributed by atoms with Crippen molar-refractivity contribution >= 4 is 23.3 Å². The summed E-state index contributed by atoms with van der Waals surface area (Å²) in [5.74, 6) is 0.510. The Morgan fingerprint density at radius 1 is 1.30 bits per heavy atom. The lowest BCUT2D eigenvalue weighted by Crippen LogP contribution is -2.26. The monoisotopic (exact) mass is 413 g/mol. The summed E-state index contributed by atoms with van der Waals surface area (Å²) >= 11 is 0. The second kappa shape index (κ2) is 9.93. The van der Waals surface area contributed by atoms with E-state index < -0.39 is 0 Å². The van der Waals surface area contributed by atoms with Crippen molar-refractivity contribution in [1.82, 2.24) is 15.1 Å². The first-order valence-electron chi connectivity index (χ1n) is 9.97. The largest absolute Gasteiger partial charge is 0.493 e. The van der Waals surface area contributed by atoms with Gasteiger partial charge < -0.3 is 25.8 Å². The zero-order chi connectivity index (χ0) is 21.5. The van der Waals surface area contributed by atoms with Crippen LogP contribution >= 0.6 is 0 Å². The van der Waals surface area contributed by atoms with E-state index in [-0.39, 0.29) is 17.5 Å². The molecule has 0 saturated carbocycles. The number of ether oxygens (including phenoxy) is 2. The van der Waals surface area contributed by atoms with Gasteiger partial charge in [-0.2, -0.15) is 5.10 Å². The zero-order valence-electron chi connectivity index (χ0n) is 17.2. The van der Waals surface area contributed by atoms with Crippen molar-refractivity contribution in [3.63, 3.8) is 0 Å². The molecule has 9 nitrogen and oxygen atoms in total. The summed E-state index contributed by atoms with van der Waals surface area (Å²) in [6, 6.07) is 6.62. The Balaban J connectivity index is 1.77. The van der Waals surface area contributed by atoms with Gasteiger partial charge >= 0.3 is 0 Å². The highest BCUT2D eigenvalue weighted by molar-refractivity contribution is 6.04. The molecule has 0 atom stereocenters. The minimum atomic E-state index is -0.380. The van der Waals surface area contributed by atoms with Gasteiger partial charge in [0.2, 0.25) is 0 Å². The molecule has 0 unspecified atom stereocenters.